The van der Waals surface area contributed by atoms with Gasteiger partial charge >= 0.3 is 0 Å². The van der Waals surface area contributed by atoms with E-state index < -0.39 is 0 Å². The van der Waals surface area contributed by atoms with Crippen molar-refractivity contribution in [1.29, 1.82) is 0 Å². The van der Waals surface area contributed by atoms with E-state index in [1.54, 1.807) is 0 Å². The predicted molar refractivity (Wildman–Crippen MR) is 93.3 cm³/mol. The Labute approximate surface area is 137 Å². The van der Waals surface area contributed by atoms with E-state index in [0.717, 1.165) is 40.8 Å². The smallest absolute Gasteiger partial charge is 0.217 e. The van der Waals surface area contributed by atoms with E-state index in [4.69, 9.17) is 0 Å². The lowest BCUT2D eigenvalue weighted by Gasteiger charge is -2.03. The Kier molecular flexibility index (Phi) is 6.02. The summed E-state index contributed by atoms with van der Waals surface area (Å²) in [5.41, 5.74) is 1.60. The zero-order valence-corrected chi connectivity index (χ0v) is 14.3. The van der Waals surface area contributed by atoms with E-state index in [0.29, 0.717) is 11.7 Å². The van der Waals surface area contributed by atoms with Gasteiger partial charge in [0.15, 0.2) is 0 Å². The highest BCUT2D eigenvalue weighted by Crippen LogP contribution is 2.37. The van der Waals surface area contributed by atoms with Crippen LogP contribution < -0.4 is 10.6 Å². The van der Waals surface area contributed by atoms with Crippen molar-refractivity contribution in [3.05, 3.63) is 10.4 Å². The van der Waals surface area contributed by atoms with Crippen molar-refractivity contribution in [2.75, 3.05) is 11.9 Å². The molecule has 0 aliphatic heterocycles. The van der Waals surface area contributed by atoms with Crippen LogP contribution in [0.5, 0.6) is 0 Å². The zero-order chi connectivity index (χ0) is 15.9. The number of carbonyl (C=O) groups is 1. The third kappa shape index (κ3) is 4.35. The number of amides is 1. The van der Waals surface area contributed by atoms with Gasteiger partial charge in [0.05, 0.1) is 6.54 Å². The van der Waals surface area contributed by atoms with E-state index in [9.17, 15) is 4.79 Å². The maximum absolute atomic E-state index is 11.0. The van der Waals surface area contributed by atoms with Crippen LogP contribution in [0.3, 0.4) is 0 Å². The highest BCUT2D eigenvalue weighted by Gasteiger charge is 2.15. The van der Waals surface area contributed by atoms with Gasteiger partial charge in [0, 0.05) is 18.8 Å². The molecule has 0 aliphatic rings. The van der Waals surface area contributed by atoms with Gasteiger partial charge in [-0.3, -0.25) is 4.79 Å². The molecule has 0 unspecified atom stereocenters. The first-order chi connectivity index (χ1) is 10.6. The van der Waals surface area contributed by atoms with Gasteiger partial charge in [-0.1, -0.05) is 24.7 Å². The van der Waals surface area contributed by atoms with Crippen molar-refractivity contribution in [2.45, 2.75) is 33.2 Å². The second kappa shape index (κ2) is 8.00. The molecule has 2 rings (SSSR count). The lowest BCUT2D eigenvalue weighted by atomic mass is 10.3. The molecule has 0 bridgehead atoms. The summed E-state index contributed by atoms with van der Waals surface area (Å²) in [4.78, 5) is 23.9. The molecule has 118 valence electrons. The van der Waals surface area contributed by atoms with Crippen LogP contribution in [-0.2, 0) is 11.3 Å². The van der Waals surface area contributed by atoms with Gasteiger partial charge < -0.3 is 10.6 Å². The Hall–Kier alpha value is -1.80. The fourth-order valence-corrected chi connectivity index (χ4v) is 3.27. The number of carbonyl (C=O) groups excluding carboxylic acids is 1. The van der Waals surface area contributed by atoms with Crippen molar-refractivity contribution in [2.24, 2.45) is 4.99 Å². The second-order valence-corrected chi connectivity index (χ2v) is 6.57. The Morgan fingerprint density at radius 3 is 2.95 bits per heavy atom. The minimum absolute atomic E-state index is 0.0644. The van der Waals surface area contributed by atoms with Crippen molar-refractivity contribution >= 4 is 45.4 Å². The Bertz CT molecular complexity index is 649. The van der Waals surface area contributed by atoms with Crippen molar-refractivity contribution in [3.8, 4) is 11.4 Å². The summed E-state index contributed by atoms with van der Waals surface area (Å²) in [7, 11) is 0. The van der Waals surface area contributed by atoms with Gasteiger partial charge in [0.2, 0.25) is 11.0 Å². The highest BCUT2D eigenvalue weighted by atomic mass is 32.1. The van der Waals surface area contributed by atoms with E-state index in [1.807, 2.05) is 5.38 Å². The quantitative estimate of drug-likeness (QED) is 0.571. The van der Waals surface area contributed by atoms with Crippen LogP contribution >= 0.6 is 22.7 Å². The van der Waals surface area contributed by atoms with Gasteiger partial charge in [0.25, 0.3) is 0 Å². The maximum atomic E-state index is 11.0. The number of thiazole rings is 2. The first-order valence-electron chi connectivity index (χ1n) is 7.04. The minimum Gasteiger partial charge on any atom is -0.375 e. The average Bonchev–Trinajstić information content (AvgIpc) is 3.11. The topological polar surface area (TPSA) is 79.3 Å². The SMILES string of the molecule is C=Nc1nc(-c2csc(CNC(C)=O)n2)c(NCCCC)s1. The molecule has 0 aliphatic carbocycles. The van der Waals surface area contributed by atoms with Gasteiger partial charge in [-0.25, -0.2) is 15.0 Å². The summed E-state index contributed by atoms with van der Waals surface area (Å²) >= 11 is 2.98. The summed E-state index contributed by atoms with van der Waals surface area (Å²) in [6.07, 6.45) is 2.23. The van der Waals surface area contributed by atoms with Crippen LogP contribution in [0.25, 0.3) is 11.4 Å². The first-order valence-corrected chi connectivity index (χ1v) is 8.74. The van der Waals surface area contributed by atoms with E-state index in [-0.39, 0.29) is 5.91 Å². The summed E-state index contributed by atoms with van der Waals surface area (Å²) in [5.74, 6) is -0.0644. The number of hydrogen-bond donors (Lipinski definition) is 2. The van der Waals surface area contributed by atoms with Crippen molar-refractivity contribution in [3.63, 3.8) is 0 Å². The molecule has 0 saturated carbocycles. The molecule has 1 amide bonds. The molecule has 8 heteroatoms. The predicted octanol–water partition coefficient (Wildman–Crippen LogP) is 3.45. The fourth-order valence-electron chi connectivity index (χ4n) is 1.75. The van der Waals surface area contributed by atoms with Crippen LogP contribution in [0.1, 0.15) is 31.7 Å². The molecule has 0 saturated heterocycles. The number of unbranched alkanes of at least 4 members (excludes halogenated alkanes) is 1. The normalized spacial score (nSPS) is 10.5. The maximum Gasteiger partial charge on any atom is 0.217 e. The lowest BCUT2D eigenvalue weighted by Crippen LogP contribution is -2.18. The van der Waals surface area contributed by atoms with Gasteiger partial charge in [-0.2, -0.15) is 0 Å². The molecule has 0 fully saturated rings. The minimum atomic E-state index is -0.0644. The molecule has 22 heavy (non-hydrogen) atoms. The van der Waals surface area contributed by atoms with E-state index >= 15 is 0 Å². The summed E-state index contributed by atoms with van der Waals surface area (Å²) in [5, 5.41) is 10.5. The molecular weight excluding hydrogens is 318 g/mol. The van der Waals surface area contributed by atoms with Gasteiger partial charge in [-0.05, 0) is 13.1 Å². The summed E-state index contributed by atoms with van der Waals surface area (Å²) in [6.45, 7) is 8.51. The number of aromatic nitrogens is 2. The molecule has 2 aromatic heterocycles. The number of nitrogens with one attached hydrogen (secondary N) is 2. The number of rotatable bonds is 8. The first kappa shape index (κ1) is 16.6. The molecule has 2 N–H and O–H groups in total. The Morgan fingerprint density at radius 1 is 1.45 bits per heavy atom. The Balaban J connectivity index is 2.17. The summed E-state index contributed by atoms with van der Waals surface area (Å²) in [6, 6.07) is 0. The van der Waals surface area contributed by atoms with Crippen LogP contribution in [0.2, 0.25) is 0 Å². The largest absolute Gasteiger partial charge is 0.375 e. The third-order valence-corrected chi connectivity index (χ3v) is 4.64. The number of hydrogen-bond acceptors (Lipinski definition) is 7. The third-order valence-electron chi connectivity index (χ3n) is 2.85. The second-order valence-electron chi connectivity index (χ2n) is 4.65. The number of anilines is 1. The molecule has 2 aromatic rings. The highest BCUT2D eigenvalue weighted by molar-refractivity contribution is 7.19. The van der Waals surface area contributed by atoms with Crippen LogP contribution in [0, 0.1) is 0 Å². The van der Waals surface area contributed by atoms with Gasteiger partial charge in [-0.15, -0.1) is 11.3 Å². The molecule has 0 aromatic carbocycles. The number of aliphatic imine (C=N–C) groups is 1. The van der Waals surface area contributed by atoms with Crippen LogP contribution in [0.15, 0.2) is 10.4 Å². The standard InChI is InChI=1S/C14H19N5OS2/c1-4-5-6-16-13-12(19-14(15-3)22-13)10-8-21-11(18-10)7-17-9(2)20/h8,16H,3-7H2,1-2H3,(H,17,20). The zero-order valence-electron chi connectivity index (χ0n) is 12.7. The van der Waals surface area contributed by atoms with E-state index in [2.05, 4.69) is 39.2 Å². The lowest BCUT2D eigenvalue weighted by molar-refractivity contribution is -0.119. The van der Waals surface area contributed by atoms with E-state index in [1.165, 1.54) is 29.6 Å². The molecular formula is C14H19N5OS2. The van der Waals surface area contributed by atoms with Crippen molar-refractivity contribution < 1.29 is 4.79 Å². The van der Waals surface area contributed by atoms with Gasteiger partial charge in [0.1, 0.15) is 21.4 Å². The Morgan fingerprint density at radius 2 is 2.27 bits per heavy atom. The fraction of sp³-hybridized carbons (Fsp3) is 0.429. The molecule has 0 atom stereocenters. The number of nitrogens with zero attached hydrogens (tertiary/aromatic N) is 3. The summed E-state index contributed by atoms with van der Waals surface area (Å²) < 4.78 is 0. The molecule has 0 radical (unpaired) electrons. The monoisotopic (exact) mass is 337 g/mol. The van der Waals surface area contributed by atoms with Crippen LogP contribution in [-0.4, -0.2) is 29.1 Å². The molecule has 0 spiro atoms. The van der Waals surface area contributed by atoms with Crippen molar-refractivity contribution in [1.82, 2.24) is 15.3 Å². The molecule has 6 nitrogen and oxygen atoms in total. The average molecular weight is 337 g/mol. The van der Waals surface area contributed by atoms with Crippen LogP contribution in [0.4, 0.5) is 10.1 Å². The molecule has 2 heterocycles.